The average Bonchev–Trinajstić information content (AvgIpc) is 2.74. The third kappa shape index (κ3) is 3.60. The van der Waals surface area contributed by atoms with Crippen LogP contribution >= 0.6 is 0 Å². The SMILES string of the molecule is Cc1cc(N)ccc1S(=O)(=O)Cc1ncnn1CC(C)C. The normalized spacial score (nSPS) is 12.0. The van der Waals surface area contributed by atoms with Gasteiger partial charge in [-0.05, 0) is 36.6 Å². The number of aryl methyl sites for hydroxylation is 1. The van der Waals surface area contributed by atoms with E-state index in [1.807, 2.05) is 13.8 Å². The maximum atomic E-state index is 12.5. The molecule has 0 saturated carbocycles. The molecular weight excluding hydrogens is 288 g/mol. The molecule has 0 unspecified atom stereocenters. The Morgan fingerprint density at radius 1 is 1.33 bits per heavy atom. The molecule has 21 heavy (non-hydrogen) atoms. The molecule has 2 N–H and O–H groups in total. The zero-order chi connectivity index (χ0) is 15.6. The molecule has 1 aromatic carbocycles. The van der Waals surface area contributed by atoms with Gasteiger partial charge in [0.25, 0.3) is 0 Å². The highest BCUT2D eigenvalue weighted by Crippen LogP contribution is 2.21. The van der Waals surface area contributed by atoms with E-state index in [9.17, 15) is 8.42 Å². The van der Waals surface area contributed by atoms with Crippen LogP contribution in [0, 0.1) is 12.8 Å². The fourth-order valence-electron chi connectivity index (χ4n) is 2.17. The Morgan fingerprint density at radius 2 is 2.05 bits per heavy atom. The summed E-state index contributed by atoms with van der Waals surface area (Å²) in [5.41, 5.74) is 6.86. The number of anilines is 1. The lowest BCUT2D eigenvalue weighted by Gasteiger charge is -2.10. The van der Waals surface area contributed by atoms with Crippen molar-refractivity contribution in [1.82, 2.24) is 14.8 Å². The van der Waals surface area contributed by atoms with Gasteiger partial charge in [0.1, 0.15) is 17.9 Å². The maximum absolute atomic E-state index is 12.5. The topological polar surface area (TPSA) is 90.9 Å². The predicted molar refractivity (Wildman–Crippen MR) is 81.3 cm³/mol. The quantitative estimate of drug-likeness (QED) is 0.850. The largest absolute Gasteiger partial charge is 0.399 e. The summed E-state index contributed by atoms with van der Waals surface area (Å²) in [6, 6.07) is 4.80. The van der Waals surface area contributed by atoms with Gasteiger partial charge in [0.15, 0.2) is 9.84 Å². The van der Waals surface area contributed by atoms with Crippen molar-refractivity contribution < 1.29 is 8.42 Å². The second kappa shape index (κ2) is 5.85. The van der Waals surface area contributed by atoms with Gasteiger partial charge in [0.05, 0.1) is 4.90 Å². The van der Waals surface area contributed by atoms with Crippen molar-refractivity contribution in [3.05, 3.63) is 35.9 Å². The second-order valence-electron chi connectivity index (χ2n) is 5.54. The standard InChI is InChI=1S/C14H20N4O2S/c1-10(2)7-18-14(16-9-17-18)8-21(19,20)13-5-4-12(15)6-11(13)3/h4-6,9-10H,7-8,15H2,1-3H3. The van der Waals surface area contributed by atoms with Gasteiger partial charge in [-0.1, -0.05) is 13.8 Å². The summed E-state index contributed by atoms with van der Waals surface area (Å²) in [5.74, 6) is 0.663. The first-order valence-electron chi connectivity index (χ1n) is 6.75. The summed E-state index contributed by atoms with van der Waals surface area (Å²) >= 11 is 0. The molecule has 114 valence electrons. The summed E-state index contributed by atoms with van der Waals surface area (Å²) in [7, 11) is -3.47. The van der Waals surface area contributed by atoms with E-state index in [1.165, 1.54) is 6.33 Å². The molecule has 0 fully saturated rings. The van der Waals surface area contributed by atoms with E-state index in [-0.39, 0.29) is 10.6 Å². The van der Waals surface area contributed by atoms with Crippen LogP contribution < -0.4 is 5.73 Å². The number of nitrogens with two attached hydrogens (primary N) is 1. The Hall–Kier alpha value is -1.89. The zero-order valence-corrected chi connectivity index (χ0v) is 13.3. The van der Waals surface area contributed by atoms with Crippen LogP contribution in [0.15, 0.2) is 29.4 Å². The zero-order valence-electron chi connectivity index (χ0n) is 12.4. The summed E-state index contributed by atoms with van der Waals surface area (Å²) in [6.45, 7) is 6.47. The lowest BCUT2D eigenvalue weighted by Crippen LogP contribution is -2.15. The second-order valence-corrected chi connectivity index (χ2v) is 7.49. The van der Waals surface area contributed by atoms with Crippen LogP contribution in [-0.2, 0) is 22.1 Å². The summed E-state index contributed by atoms with van der Waals surface area (Å²) in [5, 5.41) is 4.09. The Labute approximate surface area is 124 Å². The van der Waals surface area contributed by atoms with Crippen molar-refractivity contribution >= 4 is 15.5 Å². The Bertz CT molecular complexity index is 735. The molecule has 1 aromatic heterocycles. The molecule has 0 aliphatic carbocycles. The van der Waals surface area contributed by atoms with Crippen molar-refractivity contribution in [2.45, 2.75) is 38.0 Å². The van der Waals surface area contributed by atoms with E-state index >= 15 is 0 Å². The van der Waals surface area contributed by atoms with E-state index in [1.54, 1.807) is 29.8 Å². The molecule has 2 aromatic rings. The number of hydrogen-bond acceptors (Lipinski definition) is 5. The third-order valence-corrected chi connectivity index (χ3v) is 4.85. The fourth-order valence-corrected chi connectivity index (χ4v) is 3.71. The Morgan fingerprint density at radius 3 is 2.67 bits per heavy atom. The molecule has 0 aliphatic heterocycles. The predicted octanol–water partition coefficient (Wildman–Crippen LogP) is 1.80. The molecule has 0 amide bonds. The number of sulfone groups is 1. The van der Waals surface area contributed by atoms with Crippen molar-refractivity contribution in [3.8, 4) is 0 Å². The van der Waals surface area contributed by atoms with Crippen LogP contribution in [0.25, 0.3) is 0 Å². The first-order valence-corrected chi connectivity index (χ1v) is 8.40. The molecule has 0 aliphatic rings. The summed E-state index contributed by atoms with van der Waals surface area (Å²) in [6.07, 6.45) is 1.39. The van der Waals surface area contributed by atoms with Crippen LogP contribution in [0.2, 0.25) is 0 Å². The van der Waals surface area contributed by atoms with E-state index in [0.717, 1.165) is 0 Å². The minimum Gasteiger partial charge on any atom is -0.399 e. The van der Waals surface area contributed by atoms with Crippen molar-refractivity contribution in [1.29, 1.82) is 0 Å². The van der Waals surface area contributed by atoms with Crippen LogP contribution in [0.4, 0.5) is 5.69 Å². The van der Waals surface area contributed by atoms with Gasteiger partial charge >= 0.3 is 0 Å². The first kappa shape index (κ1) is 15.5. The van der Waals surface area contributed by atoms with E-state index in [2.05, 4.69) is 10.1 Å². The number of hydrogen-bond donors (Lipinski definition) is 1. The molecule has 0 radical (unpaired) electrons. The lowest BCUT2D eigenvalue weighted by molar-refractivity contribution is 0.470. The molecule has 0 atom stereocenters. The van der Waals surface area contributed by atoms with Gasteiger partial charge in [-0.3, -0.25) is 0 Å². The monoisotopic (exact) mass is 308 g/mol. The number of nitrogens with zero attached hydrogens (tertiary/aromatic N) is 3. The van der Waals surface area contributed by atoms with Crippen LogP contribution in [0.5, 0.6) is 0 Å². The molecule has 0 saturated heterocycles. The fraction of sp³-hybridized carbons (Fsp3) is 0.429. The molecule has 6 nitrogen and oxygen atoms in total. The van der Waals surface area contributed by atoms with Crippen LogP contribution in [0.3, 0.4) is 0 Å². The minimum absolute atomic E-state index is 0.162. The molecule has 7 heteroatoms. The van der Waals surface area contributed by atoms with E-state index in [0.29, 0.717) is 29.5 Å². The molecular formula is C14H20N4O2S. The number of nitrogen functional groups attached to an aromatic ring is 1. The summed E-state index contributed by atoms with van der Waals surface area (Å²) in [4.78, 5) is 4.36. The highest BCUT2D eigenvalue weighted by Gasteiger charge is 2.21. The van der Waals surface area contributed by atoms with Crippen molar-refractivity contribution in [2.75, 3.05) is 5.73 Å². The van der Waals surface area contributed by atoms with Crippen molar-refractivity contribution in [3.63, 3.8) is 0 Å². The number of aromatic nitrogens is 3. The van der Waals surface area contributed by atoms with E-state index in [4.69, 9.17) is 5.73 Å². The minimum atomic E-state index is -3.47. The molecule has 0 spiro atoms. The van der Waals surface area contributed by atoms with Crippen LogP contribution in [-0.4, -0.2) is 23.2 Å². The van der Waals surface area contributed by atoms with Gasteiger partial charge in [0, 0.05) is 12.2 Å². The lowest BCUT2D eigenvalue weighted by atomic mass is 10.2. The van der Waals surface area contributed by atoms with Gasteiger partial charge in [-0.25, -0.2) is 18.1 Å². The van der Waals surface area contributed by atoms with Crippen molar-refractivity contribution in [2.24, 2.45) is 5.92 Å². The molecule has 2 rings (SSSR count). The molecule has 1 heterocycles. The summed E-state index contributed by atoms with van der Waals surface area (Å²) < 4.78 is 26.7. The number of benzene rings is 1. The molecule has 0 bridgehead atoms. The van der Waals surface area contributed by atoms with Gasteiger partial charge in [0.2, 0.25) is 0 Å². The van der Waals surface area contributed by atoms with E-state index < -0.39 is 9.84 Å². The highest BCUT2D eigenvalue weighted by molar-refractivity contribution is 7.90. The Kier molecular flexibility index (Phi) is 4.32. The van der Waals surface area contributed by atoms with Gasteiger partial charge in [-0.15, -0.1) is 0 Å². The smallest absolute Gasteiger partial charge is 0.185 e. The first-order chi connectivity index (χ1) is 9.79. The highest BCUT2D eigenvalue weighted by atomic mass is 32.2. The van der Waals surface area contributed by atoms with Crippen LogP contribution in [0.1, 0.15) is 25.2 Å². The number of rotatable bonds is 5. The third-order valence-electron chi connectivity index (χ3n) is 3.09. The van der Waals surface area contributed by atoms with Gasteiger partial charge in [-0.2, -0.15) is 5.10 Å². The average molecular weight is 308 g/mol. The van der Waals surface area contributed by atoms with Gasteiger partial charge < -0.3 is 5.73 Å². The maximum Gasteiger partial charge on any atom is 0.185 e. The Balaban J connectivity index is 2.32.